The molecule has 2 aromatic rings. The largest absolute Gasteiger partial charge is 0.349 e. The summed E-state index contributed by atoms with van der Waals surface area (Å²) in [6, 6.07) is 14.6. The maximum Gasteiger partial charge on any atom is 0.321 e. The number of urea groups is 1. The molecule has 1 fully saturated rings. The Bertz CT molecular complexity index is 787. The molecule has 0 radical (unpaired) electrons. The molecule has 0 aliphatic carbocycles. The summed E-state index contributed by atoms with van der Waals surface area (Å²) in [7, 11) is 0. The van der Waals surface area contributed by atoms with Crippen LogP contribution in [0, 0.1) is 6.92 Å². The first kappa shape index (κ1) is 18.3. The highest BCUT2D eigenvalue weighted by atomic mass is 35.5. The maximum absolute atomic E-state index is 12.4. The van der Waals surface area contributed by atoms with Crippen LogP contribution in [-0.2, 0) is 0 Å². The van der Waals surface area contributed by atoms with Crippen molar-refractivity contribution in [3.63, 3.8) is 0 Å². The Kier molecular flexibility index (Phi) is 5.78. The van der Waals surface area contributed by atoms with Crippen molar-refractivity contribution in [3.8, 4) is 0 Å². The molecule has 6 heteroatoms. The van der Waals surface area contributed by atoms with Gasteiger partial charge in [0.25, 0.3) is 5.91 Å². The van der Waals surface area contributed by atoms with E-state index in [9.17, 15) is 9.59 Å². The number of halogens is 1. The average molecular weight is 372 g/mol. The van der Waals surface area contributed by atoms with Crippen LogP contribution in [0.4, 0.5) is 10.5 Å². The van der Waals surface area contributed by atoms with Crippen molar-refractivity contribution in [1.29, 1.82) is 0 Å². The summed E-state index contributed by atoms with van der Waals surface area (Å²) in [5, 5.41) is 6.55. The van der Waals surface area contributed by atoms with Gasteiger partial charge in [-0.25, -0.2) is 4.79 Å². The molecule has 5 nitrogen and oxygen atoms in total. The second-order valence-corrected chi connectivity index (χ2v) is 6.90. The van der Waals surface area contributed by atoms with Gasteiger partial charge in [0.1, 0.15) is 0 Å². The number of aryl methyl sites for hydroxylation is 1. The average Bonchev–Trinajstić information content (AvgIpc) is 2.66. The number of amides is 3. The first-order valence-corrected chi connectivity index (χ1v) is 9.09. The van der Waals surface area contributed by atoms with Crippen LogP contribution in [0.15, 0.2) is 48.5 Å². The second-order valence-electron chi connectivity index (χ2n) is 6.49. The molecule has 0 aromatic heterocycles. The number of piperidine rings is 1. The molecule has 0 atom stereocenters. The predicted octanol–water partition coefficient (Wildman–Crippen LogP) is 4.07. The molecule has 3 amide bonds. The molecule has 26 heavy (non-hydrogen) atoms. The zero-order valence-corrected chi connectivity index (χ0v) is 15.4. The normalized spacial score (nSPS) is 14.8. The van der Waals surface area contributed by atoms with Gasteiger partial charge in [0, 0.05) is 35.4 Å². The molecule has 1 aliphatic rings. The Morgan fingerprint density at radius 1 is 1.08 bits per heavy atom. The second kappa shape index (κ2) is 8.23. The van der Waals surface area contributed by atoms with Gasteiger partial charge in [-0.2, -0.15) is 0 Å². The summed E-state index contributed by atoms with van der Waals surface area (Å²) in [6.07, 6.45) is 1.47. The van der Waals surface area contributed by atoms with Gasteiger partial charge < -0.3 is 15.5 Å². The third-order valence-electron chi connectivity index (χ3n) is 4.58. The minimum absolute atomic E-state index is 0.0669. The molecule has 0 unspecified atom stereocenters. The van der Waals surface area contributed by atoms with Gasteiger partial charge in [-0.1, -0.05) is 35.9 Å². The van der Waals surface area contributed by atoms with Crippen LogP contribution >= 0.6 is 11.6 Å². The molecule has 2 N–H and O–H groups in total. The number of carbonyl (C=O) groups is 2. The number of hydrogen-bond acceptors (Lipinski definition) is 2. The first-order chi connectivity index (χ1) is 12.5. The van der Waals surface area contributed by atoms with Gasteiger partial charge >= 0.3 is 6.03 Å². The van der Waals surface area contributed by atoms with Gasteiger partial charge in [0.2, 0.25) is 0 Å². The number of nitrogens with zero attached hydrogens (tertiary/aromatic N) is 1. The van der Waals surface area contributed by atoms with Crippen molar-refractivity contribution >= 4 is 29.2 Å². The van der Waals surface area contributed by atoms with Crippen molar-refractivity contribution in [3.05, 3.63) is 64.7 Å². The summed E-state index contributed by atoms with van der Waals surface area (Å²) in [5.41, 5.74) is 2.31. The summed E-state index contributed by atoms with van der Waals surface area (Å²) in [4.78, 5) is 26.4. The number of carbonyl (C=O) groups excluding carboxylic acids is 2. The Morgan fingerprint density at radius 2 is 1.77 bits per heavy atom. The van der Waals surface area contributed by atoms with Crippen LogP contribution in [0.25, 0.3) is 0 Å². The zero-order valence-electron chi connectivity index (χ0n) is 14.7. The highest BCUT2D eigenvalue weighted by Gasteiger charge is 2.24. The summed E-state index contributed by atoms with van der Waals surface area (Å²) in [5.74, 6) is -0.0669. The summed E-state index contributed by atoms with van der Waals surface area (Å²) >= 11 is 6.10. The third-order valence-corrected chi connectivity index (χ3v) is 4.98. The Hall–Kier alpha value is -2.53. The van der Waals surface area contributed by atoms with Gasteiger partial charge in [0.15, 0.2) is 0 Å². The highest BCUT2D eigenvalue weighted by Crippen LogP contribution is 2.21. The fraction of sp³-hybridized carbons (Fsp3) is 0.300. The van der Waals surface area contributed by atoms with Crippen molar-refractivity contribution in [2.75, 3.05) is 18.4 Å². The third kappa shape index (κ3) is 4.55. The SMILES string of the molecule is Cc1ccc(NC(=O)N2CCC(NC(=O)c3ccccc3)CC2)cc1Cl. The van der Waals surface area contributed by atoms with Crippen molar-refractivity contribution in [2.24, 2.45) is 0 Å². The molecule has 1 aliphatic heterocycles. The van der Waals surface area contributed by atoms with Crippen molar-refractivity contribution in [2.45, 2.75) is 25.8 Å². The highest BCUT2D eigenvalue weighted by molar-refractivity contribution is 6.31. The number of hydrogen-bond donors (Lipinski definition) is 2. The van der Waals surface area contributed by atoms with Crippen LogP contribution in [0.2, 0.25) is 5.02 Å². The van der Waals surface area contributed by atoms with Crippen LogP contribution in [-0.4, -0.2) is 36.0 Å². The molecule has 2 aromatic carbocycles. The quantitative estimate of drug-likeness (QED) is 0.854. The molecule has 1 heterocycles. The van der Waals surface area contributed by atoms with E-state index in [0.29, 0.717) is 29.4 Å². The van der Waals surface area contributed by atoms with Crippen LogP contribution in [0.5, 0.6) is 0 Å². The minimum Gasteiger partial charge on any atom is -0.349 e. The van der Waals surface area contributed by atoms with E-state index in [-0.39, 0.29) is 18.0 Å². The van der Waals surface area contributed by atoms with Crippen LogP contribution < -0.4 is 10.6 Å². The molecule has 0 saturated carbocycles. The van der Waals surface area contributed by atoms with E-state index in [2.05, 4.69) is 10.6 Å². The predicted molar refractivity (Wildman–Crippen MR) is 104 cm³/mol. The molecular weight excluding hydrogens is 350 g/mol. The number of rotatable bonds is 3. The van der Waals surface area contributed by atoms with Crippen molar-refractivity contribution < 1.29 is 9.59 Å². The van der Waals surface area contributed by atoms with E-state index in [1.54, 1.807) is 23.1 Å². The molecule has 3 rings (SSSR count). The lowest BCUT2D eigenvalue weighted by Crippen LogP contribution is -2.47. The van der Waals surface area contributed by atoms with Crippen LogP contribution in [0.3, 0.4) is 0 Å². The van der Waals surface area contributed by atoms with E-state index in [4.69, 9.17) is 11.6 Å². The van der Waals surface area contributed by atoms with E-state index < -0.39 is 0 Å². The molecule has 136 valence electrons. The monoisotopic (exact) mass is 371 g/mol. The molecular formula is C20H22ClN3O2. The number of anilines is 1. The smallest absolute Gasteiger partial charge is 0.321 e. The van der Waals surface area contributed by atoms with Gasteiger partial charge in [-0.15, -0.1) is 0 Å². The Labute approximate surface area is 158 Å². The molecule has 0 bridgehead atoms. The first-order valence-electron chi connectivity index (χ1n) is 8.71. The Balaban J connectivity index is 1.49. The summed E-state index contributed by atoms with van der Waals surface area (Å²) in [6.45, 7) is 3.12. The fourth-order valence-corrected chi connectivity index (χ4v) is 3.14. The fourth-order valence-electron chi connectivity index (χ4n) is 2.96. The van der Waals surface area contributed by atoms with Gasteiger partial charge in [-0.3, -0.25) is 4.79 Å². The minimum atomic E-state index is -0.141. The Morgan fingerprint density at radius 3 is 2.42 bits per heavy atom. The standard InChI is InChI=1S/C20H22ClN3O2/c1-14-7-8-17(13-18(14)21)23-20(26)24-11-9-16(10-12-24)22-19(25)15-5-3-2-4-6-15/h2-8,13,16H,9-12H2,1H3,(H,22,25)(H,23,26). The van der Waals surface area contributed by atoms with E-state index in [1.165, 1.54) is 0 Å². The number of likely N-dealkylation sites (tertiary alicyclic amines) is 1. The van der Waals surface area contributed by atoms with E-state index in [0.717, 1.165) is 18.4 Å². The number of benzene rings is 2. The van der Waals surface area contributed by atoms with E-state index >= 15 is 0 Å². The van der Waals surface area contributed by atoms with Crippen LogP contribution in [0.1, 0.15) is 28.8 Å². The topological polar surface area (TPSA) is 61.4 Å². The van der Waals surface area contributed by atoms with E-state index in [1.807, 2.05) is 37.3 Å². The lowest BCUT2D eigenvalue weighted by Gasteiger charge is -2.32. The van der Waals surface area contributed by atoms with Gasteiger partial charge in [-0.05, 0) is 49.6 Å². The van der Waals surface area contributed by atoms with Gasteiger partial charge in [0.05, 0.1) is 0 Å². The number of nitrogens with one attached hydrogen (secondary N) is 2. The lowest BCUT2D eigenvalue weighted by atomic mass is 10.0. The lowest BCUT2D eigenvalue weighted by molar-refractivity contribution is 0.0919. The zero-order chi connectivity index (χ0) is 18.5. The molecule has 1 saturated heterocycles. The summed E-state index contributed by atoms with van der Waals surface area (Å²) < 4.78 is 0. The molecule has 0 spiro atoms. The van der Waals surface area contributed by atoms with Crippen molar-refractivity contribution in [1.82, 2.24) is 10.2 Å². The maximum atomic E-state index is 12.4.